The van der Waals surface area contributed by atoms with Gasteiger partial charge in [-0.15, -0.1) is 11.3 Å². The van der Waals surface area contributed by atoms with Crippen LogP contribution >= 0.6 is 11.3 Å². The number of aliphatic hydroxyl groups is 2. The highest BCUT2D eigenvalue weighted by molar-refractivity contribution is 7.86. The molecule has 2 aromatic rings. The third kappa shape index (κ3) is 10.3. The first-order chi connectivity index (χ1) is 22.0. The molecule has 2 aromatic carbocycles. The minimum atomic E-state index is -4.75. The highest BCUT2D eigenvalue weighted by Gasteiger charge is 2.20. The number of rotatable bonds is 18. The van der Waals surface area contributed by atoms with E-state index in [4.69, 9.17) is 15.2 Å². The second kappa shape index (κ2) is 16.8. The van der Waals surface area contributed by atoms with Crippen LogP contribution in [0.2, 0.25) is 0 Å². The van der Waals surface area contributed by atoms with E-state index in [1.54, 1.807) is 6.07 Å². The van der Waals surface area contributed by atoms with E-state index in [0.29, 0.717) is 24.9 Å². The van der Waals surface area contributed by atoms with Gasteiger partial charge in [0.2, 0.25) is 0 Å². The van der Waals surface area contributed by atoms with Gasteiger partial charge in [0.1, 0.15) is 4.90 Å². The Kier molecular flexibility index (Phi) is 13.2. The highest BCUT2D eigenvalue weighted by Crippen LogP contribution is 2.32. The first-order valence-electron chi connectivity index (χ1n) is 15.4. The van der Waals surface area contributed by atoms with E-state index < -0.39 is 30.0 Å². The zero-order valence-electron chi connectivity index (χ0n) is 25.6. The summed E-state index contributed by atoms with van der Waals surface area (Å²) < 4.78 is 68.3. The Balaban J connectivity index is 1.51. The third-order valence-corrected chi connectivity index (χ3v) is 10.6. The second-order valence-electron chi connectivity index (χ2n) is 11.2. The Morgan fingerprint density at radius 3 is 2.04 bits per heavy atom. The van der Waals surface area contributed by atoms with Crippen molar-refractivity contribution in [3.63, 3.8) is 0 Å². The maximum Gasteiger partial charge on any atom is 0.296 e. The van der Waals surface area contributed by atoms with Crippen LogP contribution in [0.25, 0.3) is 20.8 Å². The van der Waals surface area contributed by atoms with Crippen molar-refractivity contribution in [1.29, 1.82) is 0 Å². The first kappa shape index (κ1) is 36.0. The monoisotopic (exact) mass is 691 g/mol. The summed E-state index contributed by atoms with van der Waals surface area (Å²) in [7, 11) is -9.40. The largest absolute Gasteiger partial charge is 0.395 e. The van der Waals surface area contributed by atoms with E-state index in [1.165, 1.54) is 11.3 Å². The lowest BCUT2D eigenvalue weighted by molar-refractivity contribution is 0.159. The van der Waals surface area contributed by atoms with Gasteiger partial charge in [-0.1, -0.05) is 50.7 Å². The second-order valence-corrected chi connectivity index (χ2v) is 15.1. The van der Waals surface area contributed by atoms with Crippen molar-refractivity contribution in [3.8, 4) is 10.6 Å². The molecule has 11 nitrogen and oxygen atoms in total. The molecule has 0 radical (unpaired) electrons. The first-order valence-corrected chi connectivity index (χ1v) is 19.1. The molecular weight excluding hydrogens is 651 g/mol. The van der Waals surface area contributed by atoms with Gasteiger partial charge in [-0.3, -0.25) is 14.0 Å². The minimum Gasteiger partial charge on any atom is -0.395 e. The molecule has 1 heterocycles. The molecule has 14 heteroatoms. The summed E-state index contributed by atoms with van der Waals surface area (Å²) in [5.41, 5.74) is 2.11. The maximum absolute atomic E-state index is 12.1. The zero-order valence-corrected chi connectivity index (χ0v) is 28.0. The number of unbranched alkanes of at least 4 members (excludes halogenated alkanes) is 7. The van der Waals surface area contributed by atoms with E-state index in [-0.39, 0.29) is 18.9 Å². The molecule has 250 valence electrons. The molecule has 2 aliphatic rings. The number of aliphatic hydroxyl groups excluding tert-OH is 2. The third-order valence-electron chi connectivity index (χ3n) is 7.74. The SMILES string of the molecule is O=S(=O)(O)c1ccc(S(=O)(=O)O)c(N=c2cc3sc4ccccc4nc-3cc2CCCCCCCCCCN(CCO)CCO)c1. The predicted octanol–water partition coefficient (Wildman–Crippen LogP) is 5.08. The van der Waals surface area contributed by atoms with Crippen molar-refractivity contribution >= 4 is 47.5 Å². The van der Waals surface area contributed by atoms with E-state index in [0.717, 1.165) is 102 Å². The van der Waals surface area contributed by atoms with E-state index >= 15 is 0 Å². The molecule has 0 aromatic heterocycles. The number of para-hydroxylation sites is 1. The number of fused-ring (bicyclic) bond motifs is 2. The van der Waals surface area contributed by atoms with Gasteiger partial charge >= 0.3 is 0 Å². The Bertz CT molecular complexity index is 1850. The number of aromatic nitrogens is 1. The Labute approximate surface area is 274 Å². The van der Waals surface area contributed by atoms with Crippen LogP contribution < -0.4 is 5.36 Å². The van der Waals surface area contributed by atoms with Gasteiger partial charge in [0.15, 0.2) is 0 Å². The van der Waals surface area contributed by atoms with Crippen molar-refractivity contribution in [2.24, 2.45) is 4.99 Å². The zero-order chi connectivity index (χ0) is 33.2. The van der Waals surface area contributed by atoms with Gasteiger partial charge in [-0.2, -0.15) is 16.8 Å². The number of hydrogen-bond donors (Lipinski definition) is 4. The lowest BCUT2D eigenvalue weighted by Gasteiger charge is -2.19. The smallest absolute Gasteiger partial charge is 0.296 e. The minimum absolute atomic E-state index is 0.0928. The average Bonchev–Trinajstić information content (AvgIpc) is 3.00. The molecule has 0 saturated carbocycles. The summed E-state index contributed by atoms with van der Waals surface area (Å²) in [6.07, 6.45) is 8.97. The topological polar surface area (TPSA) is 178 Å². The van der Waals surface area contributed by atoms with E-state index in [9.17, 15) is 25.9 Å². The molecule has 46 heavy (non-hydrogen) atoms. The van der Waals surface area contributed by atoms with Gasteiger partial charge in [-0.25, -0.2) is 9.98 Å². The van der Waals surface area contributed by atoms with Crippen molar-refractivity contribution in [3.05, 3.63) is 65.5 Å². The highest BCUT2D eigenvalue weighted by atomic mass is 32.2. The standard InChI is InChI=1S/C32H41N3O8S3/c36-19-17-35(18-20-37)16-10-6-4-2-1-3-5-7-11-24-21-28-31(44-30-13-9-8-12-26(30)33-28)23-27(24)34-29-22-25(45(38,39)40)14-15-32(29)46(41,42)43/h8-9,12-15,21-23,36-37H,1-7,10-11,16-20H2,(H,38,39,40)(H,41,42,43). The fourth-order valence-electron chi connectivity index (χ4n) is 5.38. The summed E-state index contributed by atoms with van der Waals surface area (Å²) in [5, 5.41) is 18.7. The molecular formula is C32H41N3O8S3. The molecule has 0 spiro atoms. The number of hydrogen-bond acceptors (Lipinski definition) is 10. The van der Waals surface area contributed by atoms with Gasteiger partial charge in [-0.05, 0) is 73.8 Å². The van der Waals surface area contributed by atoms with Crippen LogP contribution in [0.15, 0.2) is 69.4 Å². The molecule has 0 saturated heterocycles. The normalized spacial score (nSPS) is 12.9. The molecule has 0 amide bonds. The van der Waals surface area contributed by atoms with Crippen LogP contribution in [0, 0.1) is 0 Å². The fraction of sp³-hybridized carbons (Fsp3) is 0.438. The van der Waals surface area contributed by atoms with Crippen molar-refractivity contribution < 1.29 is 36.2 Å². The summed E-state index contributed by atoms with van der Waals surface area (Å²) in [5.74, 6) is 0. The van der Waals surface area contributed by atoms with E-state index in [2.05, 4.69) is 9.89 Å². The molecule has 4 rings (SSSR count). The molecule has 0 unspecified atom stereocenters. The summed E-state index contributed by atoms with van der Waals surface area (Å²) in [4.78, 5) is 11.1. The summed E-state index contributed by atoms with van der Waals surface area (Å²) in [6, 6.07) is 14.2. The molecule has 0 atom stereocenters. The van der Waals surface area contributed by atoms with Gasteiger partial charge in [0, 0.05) is 13.1 Å². The molecule has 1 aliphatic carbocycles. The van der Waals surface area contributed by atoms with Crippen LogP contribution in [-0.2, 0) is 26.7 Å². The quantitative estimate of drug-likeness (QED) is 0.0625. The number of nitrogens with zero attached hydrogens (tertiary/aromatic N) is 3. The summed E-state index contributed by atoms with van der Waals surface area (Å²) in [6.45, 7) is 2.22. The van der Waals surface area contributed by atoms with Crippen LogP contribution in [0.4, 0.5) is 5.69 Å². The van der Waals surface area contributed by atoms with Crippen LogP contribution in [0.3, 0.4) is 0 Å². The molecule has 4 N–H and O–H groups in total. The average molecular weight is 692 g/mol. The molecule has 1 aliphatic heterocycles. The number of benzene rings is 3. The van der Waals surface area contributed by atoms with Gasteiger partial charge in [0.05, 0.1) is 49.9 Å². The van der Waals surface area contributed by atoms with Gasteiger partial charge in [0.25, 0.3) is 20.2 Å². The Morgan fingerprint density at radius 1 is 0.739 bits per heavy atom. The summed E-state index contributed by atoms with van der Waals surface area (Å²) >= 11 is 1.50. The predicted molar refractivity (Wildman–Crippen MR) is 179 cm³/mol. The van der Waals surface area contributed by atoms with Crippen LogP contribution in [-0.4, -0.2) is 78.9 Å². The number of aryl methyl sites for hydroxylation is 1. The fourth-order valence-corrected chi connectivity index (χ4v) is 7.47. The molecule has 0 bridgehead atoms. The lowest BCUT2D eigenvalue weighted by Crippen LogP contribution is -2.30. The lowest BCUT2D eigenvalue weighted by atomic mass is 10.0. The maximum atomic E-state index is 12.1. The molecule has 0 fully saturated rings. The van der Waals surface area contributed by atoms with Gasteiger partial charge < -0.3 is 10.2 Å². The Morgan fingerprint density at radius 2 is 1.39 bits per heavy atom. The van der Waals surface area contributed by atoms with Crippen molar-refractivity contribution in [2.75, 3.05) is 32.8 Å². The van der Waals surface area contributed by atoms with Crippen LogP contribution in [0.1, 0.15) is 56.9 Å². The van der Waals surface area contributed by atoms with Crippen LogP contribution in [0.5, 0.6) is 0 Å². The van der Waals surface area contributed by atoms with Crippen molar-refractivity contribution in [2.45, 2.75) is 67.6 Å². The Hall–Kier alpha value is -2.82. The van der Waals surface area contributed by atoms with Crippen molar-refractivity contribution in [1.82, 2.24) is 9.88 Å². The van der Waals surface area contributed by atoms with E-state index in [1.807, 2.05) is 30.3 Å².